The lowest BCUT2D eigenvalue weighted by molar-refractivity contribution is 0.233. The van der Waals surface area contributed by atoms with E-state index >= 15 is 0 Å². The van der Waals surface area contributed by atoms with Crippen LogP contribution in [-0.4, -0.2) is 33.7 Å². The molecule has 0 bridgehead atoms. The average molecular weight is 250 g/mol. The highest BCUT2D eigenvalue weighted by atomic mass is 32.2. The molecule has 2 rings (SSSR count). The standard InChI is InChI=1S/C12H14N2O2S/c13-7-11-3-1-2-4-12(11)17(16)14-6-5-10(8-14)9-15/h1-4,10,15H,5-6,8-9H2. The van der Waals surface area contributed by atoms with E-state index < -0.39 is 11.4 Å². The predicted molar refractivity (Wildman–Crippen MR) is 64.3 cm³/mol. The van der Waals surface area contributed by atoms with Crippen LogP contribution in [0.1, 0.15) is 12.0 Å². The van der Waals surface area contributed by atoms with Crippen LogP contribution in [0.5, 0.6) is 0 Å². The number of nitrogens with zero attached hydrogens (tertiary/aromatic N) is 2. The van der Waals surface area contributed by atoms with Crippen LogP contribution in [0.4, 0.5) is 0 Å². The highest BCUT2D eigenvalue weighted by Gasteiger charge is 2.32. The zero-order valence-electron chi connectivity index (χ0n) is 9.37. The van der Waals surface area contributed by atoms with Crippen molar-refractivity contribution in [3.05, 3.63) is 29.8 Å². The smallest absolute Gasteiger partial charge is 0.191 e. The number of hydrogen-bond donors (Lipinski definition) is 1. The second-order valence-corrected chi connectivity index (χ2v) is 5.54. The van der Waals surface area contributed by atoms with Gasteiger partial charge in [-0.2, -0.15) is 5.26 Å². The van der Waals surface area contributed by atoms with Crippen molar-refractivity contribution in [2.45, 2.75) is 11.3 Å². The molecule has 1 aliphatic heterocycles. The van der Waals surface area contributed by atoms with Gasteiger partial charge in [-0.1, -0.05) is 12.1 Å². The third kappa shape index (κ3) is 2.61. The third-order valence-corrected chi connectivity index (χ3v) is 4.47. The SMILES string of the molecule is N#Cc1ccccc1[S+]([O-])N1CCC(CO)C1. The molecule has 90 valence electrons. The second kappa shape index (κ2) is 5.52. The molecule has 0 saturated carbocycles. The summed E-state index contributed by atoms with van der Waals surface area (Å²) in [6.07, 6.45) is 0.858. The van der Waals surface area contributed by atoms with Crippen molar-refractivity contribution in [3.8, 4) is 6.07 Å². The fraction of sp³-hybridized carbons (Fsp3) is 0.417. The van der Waals surface area contributed by atoms with Crippen LogP contribution in [0.25, 0.3) is 0 Å². The van der Waals surface area contributed by atoms with E-state index in [4.69, 9.17) is 10.4 Å². The first-order valence-corrected chi connectivity index (χ1v) is 6.63. The molecule has 1 saturated heterocycles. The molecule has 0 radical (unpaired) electrons. The van der Waals surface area contributed by atoms with E-state index in [0.717, 1.165) is 6.42 Å². The fourth-order valence-corrected chi connectivity index (χ4v) is 3.34. The Kier molecular flexibility index (Phi) is 4.02. The quantitative estimate of drug-likeness (QED) is 0.809. The summed E-state index contributed by atoms with van der Waals surface area (Å²) < 4.78 is 14.1. The highest BCUT2D eigenvalue weighted by Crippen LogP contribution is 2.25. The second-order valence-electron chi connectivity index (χ2n) is 4.08. The molecule has 0 amide bonds. The Morgan fingerprint density at radius 1 is 1.53 bits per heavy atom. The minimum atomic E-state index is -1.29. The Hall–Kier alpha value is -1.06. The van der Waals surface area contributed by atoms with Crippen molar-refractivity contribution in [1.29, 1.82) is 5.26 Å². The molecule has 1 aromatic rings. The van der Waals surface area contributed by atoms with Crippen LogP contribution in [0.2, 0.25) is 0 Å². The number of hydrogen-bond acceptors (Lipinski definition) is 4. The fourth-order valence-electron chi connectivity index (χ4n) is 1.95. The Bertz CT molecular complexity index is 433. The molecule has 2 atom stereocenters. The van der Waals surface area contributed by atoms with Gasteiger partial charge in [-0.15, -0.1) is 4.31 Å². The van der Waals surface area contributed by atoms with Crippen LogP contribution >= 0.6 is 0 Å². The molecule has 1 N–H and O–H groups in total. The Labute approximate surface area is 104 Å². The Balaban J connectivity index is 2.15. The molecule has 0 aromatic heterocycles. The first-order chi connectivity index (χ1) is 8.26. The van der Waals surface area contributed by atoms with Gasteiger partial charge in [0.15, 0.2) is 4.90 Å². The average Bonchev–Trinajstić information content (AvgIpc) is 2.86. The van der Waals surface area contributed by atoms with E-state index in [1.165, 1.54) is 0 Å². The largest absolute Gasteiger partial charge is 0.593 e. The van der Waals surface area contributed by atoms with Gasteiger partial charge in [-0.05, 0) is 18.6 Å². The summed E-state index contributed by atoms with van der Waals surface area (Å²) in [6, 6.07) is 9.00. The van der Waals surface area contributed by atoms with Gasteiger partial charge in [0.25, 0.3) is 0 Å². The molecule has 1 aliphatic rings. The molecular formula is C12H14N2O2S. The molecule has 1 fully saturated rings. The van der Waals surface area contributed by atoms with E-state index in [0.29, 0.717) is 23.5 Å². The minimum Gasteiger partial charge on any atom is -0.593 e. The lowest BCUT2D eigenvalue weighted by Gasteiger charge is -2.19. The van der Waals surface area contributed by atoms with Crippen molar-refractivity contribution in [1.82, 2.24) is 4.31 Å². The lowest BCUT2D eigenvalue weighted by Crippen LogP contribution is -2.29. The number of rotatable bonds is 3. The van der Waals surface area contributed by atoms with Gasteiger partial charge in [0.1, 0.15) is 11.6 Å². The van der Waals surface area contributed by atoms with E-state index in [9.17, 15) is 4.55 Å². The summed E-state index contributed by atoms with van der Waals surface area (Å²) in [5.74, 6) is 0.202. The first-order valence-electron chi connectivity index (χ1n) is 5.53. The molecule has 0 aliphatic carbocycles. The van der Waals surface area contributed by atoms with Crippen molar-refractivity contribution >= 4 is 11.4 Å². The summed E-state index contributed by atoms with van der Waals surface area (Å²) in [7, 11) is 0. The molecule has 2 unspecified atom stereocenters. The van der Waals surface area contributed by atoms with Crippen molar-refractivity contribution in [3.63, 3.8) is 0 Å². The van der Waals surface area contributed by atoms with Gasteiger partial charge >= 0.3 is 0 Å². The molecule has 0 spiro atoms. The maximum atomic E-state index is 12.3. The molecule has 1 aromatic carbocycles. The van der Waals surface area contributed by atoms with Crippen LogP contribution in [0.3, 0.4) is 0 Å². The van der Waals surface area contributed by atoms with E-state index in [-0.39, 0.29) is 12.5 Å². The van der Waals surface area contributed by atoms with Gasteiger partial charge in [0.2, 0.25) is 0 Å². The Morgan fingerprint density at radius 3 is 2.94 bits per heavy atom. The maximum absolute atomic E-state index is 12.3. The summed E-state index contributed by atoms with van der Waals surface area (Å²) in [5.41, 5.74) is 0.457. The Morgan fingerprint density at radius 2 is 2.29 bits per heavy atom. The summed E-state index contributed by atoms with van der Waals surface area (Å²) in [4.78, 5) is 0.564. The van der Waals surface area contributed by atoms with Crippen molar-refractivity contribution < 1.29 is 9.66 Å². The predicted octanol–water partition coefficient (Wildman–Crippen LogP) is 0.895. The molecule has 17 heavy (non-hydrogen) atoms. The number of aliphatic hydroxyl groups is 1. The van der Waals surface area contributed by atoms with Crippen LogP contribution < -0.4 is 0 Å². The van der Waals surface area contributed by atoms with Gasteiger partial charge in [0.05, 0.1) is 11.4 Å². The van der Waals surface area contributed by atoms with Crippen molar-refractivity contribution in [2.24, 2.45) is 5.92 Å². The first kappa shape index (κ1) is 12.4. The minimum absolute atomic E-state index is 0.133. The molecular weight excluding hydrogens is 236 g/mol. The summed E-state index contributed by atoms with van der Waals surface area (Å²) >= 11 is -1.29. The summed E-state index contributed by atoms with van der Waals surface area (Å²) in [5, 5.41) is 18.0. The normalized spacial score (nSPS) is 22.3. The van der Waals surface area contributed by atoms with Crippen LogP contribution in [-0.2, 0) is 11.4 Å². The highest BCUT2D eigenvalue weighted by molar-refractivity contribution is 7.89. The van der Waals surface area contributed by atoms with Crippen LogP contribution in [0.15, 0.2) is 29.2 Å². The number of aliphatic hydroxyl groups excluding tert-OH is 1. The maximum Gasteiger partial charge on any atom is 0.191 e. The molecule has 4 nitrogen and oxygen atoms in total. The topological polar surface area (TPSA) is 70.3 Å². The van der Waals surface area contributed by atoms with Crippen LogP contribution in [0, 0.1) is 17.2 Å². The number of benzene rings is 1. The van der Waals surface area contributed by atoms with E-state index in [1.807, 2.05) is 4.31 Å². The van der Waals surface area contributed by atoms with E-state index in [2.05, 4.69) is 6.07 Å². The molecule has 1 heterocycles. The zero-order chi connectivity index (χ0) is 12.3. The summed E-state index contributed by atoms with van der Waals surface area (Å²) in [6.45, 7) is 1.47. The zero-order valence-corrected chi connectivity index (χ0v) is 10.2. The van der Waals surface area contributed by atoms with Gasteiger partial charge < -0.3 is 9.66 Å². The lowest BCUT2D eigenvalue weighted by atomic mass is 10.1. The number of nitriles is 1. The van der Waals surface area contributed by atoms with Gasteiger partial charge in [0, 0.05) is 25.6 Å². The van der Waals surface area contributed by atoms with Crippen molar-refractivity contribution in [2.75, 3.05) is 19.7 Å². The van der Waals surface area contributed by atoms with Gasteiger partial charge in [-0.25, -0.2) is 0 Å². The third-order valence-electron chi connectivity index (χ3n) is 2.94. The monoisotopic (exact) mass is 250 g/mol. The molecule has 5 heteroatoms. The van der Waals surface area contributed by atoms with E-state index in [1.54, 1.807) is 24.3 Å². The van der Waals surface area contributed by atoms with Gasteiger partial charge in [-0.3, -0.25) is 0 Å².